The molecule has 0 fully saturated rings. The van der Waals surface area contributed by atoms with Crippen LogP contribution in [0.3, 0.4) is 0 Å². The first kappa shape index (κ1) is 9.08. The molecule has 0 aliphatic carbocycles. The molecule has 2 rings (SSSR count). The van der Waals surface area contributed by atoms with Gasteiger partial charge in [0.2, 0.25) is 0 Å². The minimum Gasteiger partial charge on any atom is -0.396 e. The van der Waals surface area contributed by atoms with Crippen LogP contribution in [0.15, 0.2) is 12.5 Å². The van der Waals surface area contributed by atoms with Gasteiger partial charge in [-0.1, -0.05) is 11.6 Å². The van der Waals surface area contributed by atoms with Crippen molar-refractivity contribution in [2.24, 2.45) is 0 Å². The van der Waals surface area contributed by atoms with Crippen LogP contribution in [0.1, 0.15) is 6.92 Å². The van der Waals surface area contributed by atoms with E-state index in [2.05, 4.69) is 15.2 Å². The molecule has 0 aliphatic heterocycles. The van der Waals surface area contributed by atoms with Gasteiger partial charge in [0, 0.05) is 6.54 Å². The van der Waals surface area contributed by atoms with Crippen molar-refractivity contribution in [3.63, 3.8) is 0 Å². The lowest BCUT2D eigenvalue weighted by Gasteiger charge is -2.03. The number of aromatic nitrogens is 4. The van der Waals surface area contributed by atoms with Crippen molar-refractivity contribution in [2.75, 3.05) is 5.73 Å². The predicted molar refractivity (Wildman–Crippen MR) is 54.9 cm³/mol. The Morgan fingerprint density at radius 1 is 1.64 bits per heavy atom. The second-order valence-corrected chi connectivity index (χ2v) is 3.23. The lowest BCUT2D eigenvalue weighted by molar-refractivity contribution is 0.766. The first-order valence-electron chi connectivity index (χ1n) is 4.24. The third-order valence-electron chi connectivity index (χ3n) is 2.04. The van der Waals surface area contributed by atoms with Crippen LogP contribution in [0.4, 0.5) is 5.69 Å². The van der Waals surface area contributed by atoms with E-state index in [0.29, 0.717) is 16.5 Å². The minimum atomic E-state index is 0.433. The highest BCUT2D eigenvalue weighted by Crippen LogP contribution is 2.28. The van der Waals surface area contributed by atoms with Crippen LogP contribution in [0, 0.1) is 0 Å². The molecule has 0 amide bonds. The molecule has 3 N–H and O–H groups in total. The zero-order chi connectivity index (χ0) is 10.1. The number of nitrogens with two attached hydrogens (primary N) is 1. The number of aryl methyl sites for hydroxylation is 1. The molecule has 0 saturated heterocycles. The SMILES string of the molecule is CCn1cnc(Cl)c1-c1[nH]ncc1N. The number of hydrogen-bond donors (Lipinski definition) is 2. The number of hydrogen-bond acceptors (Lipinski definition) is 3. The average Bonchev–Trinajstić information content (AvgIpc) is 2.72. The highest BCUT2D eigenvalue weighted by Gasteiger charge is 2.14. The molecule has 0 aromatic carbocycles. The van der Waals surface area contributed by atoms with Gasteiger partial charge < -0.3 is 10.3 Å². The van der Waals surface area contributed by atoms with Gasteiger partial charge in [-0.25, -0.2) is 4.98 Å². The van der Waals surface area contributed by atoms with Crippen LogP contribution in [0.2, 0.25) is 5.15 Å². The molecule has 0 unspecified atom stereocenters. The molecular formula is C8H10ClN5. The second-order valence-electron chi connectivity index (χ2n) is 2.87. The fourth-order valence-electron chi connectivity index (χ4n) is 1.33. The Morgan fingerprint density at radius 3 is 3.00 bits per heavy atom. The molecule has 0 radical (unpaired) electrons. The minimum absolute atomic E-state index is 0.433. The van der Waals surface area contributed by atoms with Crippen molar-refractivity contribution in [2.45, 2.75) is 13.5 Å². The summed E-state index contributed by atoms with van der Waals surface area (Å²) in [7, 11) is 0. The first-order valence-corrected chi connectivity index (χ1v) is 4.61. The Kier molecular flexibility index (Phi) is 2.17. The van der Waals surface area contributed by atoms with E-state index in [1.807, 2.05) is 11.5 Å². The predicted octanol–water partition coefficient (Wildman–Crippen LogP) is 1.53. The van der Waals surface area contributed by atoms with Gasteiger partial charge in [-0.3, -0.25) is 5.10 Å². The van der Waals surface area contributed by atoms with E-state index in [4.69, 9.17) is 17.3 Å². The number of H-pyrrole nitrogens is 1. The van der Waals surface area contributed by atoms with Crippen molar-refractivity contribution in [3.05, 3.63) is 17.7 Å². The van der Waals surface area contributed by atoms with Crippen molar-refractivity contribution < 1.29 is 0 Å². The molecule has 6 heteroatoms. The molecule has 0 aliphatic rings. The van der Waals surface area contributed by atoms with Gasteiger partial charge in [0.15, 0.2) is 5.15 Å². The summed E-state index contributed by atoms with van der Waals surface area (Å²) in [4.78, 5) is 4.01. The molecule has 14 heavy (non-hydrogen) atoms. The van der Waals surface area contributed by atoms with E-state index in [1.54, 1.807) is 12.5 Å². The topological polar surface area (TPSA) is 72.5 Å². The maximum absolute atomic E-state index is 5.95. The molecule has 2 aromatic rings. The summed E-state index contributed by atoms with van der Waals surface area (Å²) in [5.74, 6) is 0. The van der Waals surface area contributed by atoms with Crippen molar-refractivity contribution >= 4 is 17.3 Å². The molecule has 0 spiro atoms. The first-order chi connectivity index (χ1) is 6.74. The lowest BCUT2D eigenvalue weighted by atomic mass is 10.3. The Hall–Kier alpha value is -1.49. The summed E-state index contributed by atoms with van der Waals surface area (Å²) in [6, 6.07) is 0. The Morgan fingerprint density at radius 2 is 2.43 bits per heavy atom. The number of rotatable bonds is 2. The average molecular weight is 212 g/mol. The standard InChI is InChI=1S/C8H10ClN5/c1-2-14-4-11-8(9)7(14)6-5(10)3-12-13-6/h3-4H,2,10H2,1H3,(H,12,13). The van der Waals surface area contributed by atoms with Crippen molar-refractivity contribution in [1.82, 2.24) is 19.7 Å². The van der Waals surface area contributed by atoms with E-state index < -0.39 is 0 Å². The number of nitrogen functional groups attached to an aromatic ring is 1. The fraction of sp³-hybridized carbons (Fsp3) is 0.250. The summed E-state index contributed by atoms with van der Waals surface area (Å²) >= 11 is 5.95. The quantitative estimate of drug-likeness (QED) is 0.791. The number of imidazole rings is 1. The highest BCUT2D eigenvalue weighted by atomic mass is 35.5. The van der Waals surface area contributed by atoms with Gasteiger partial charge in [-0.15, -0.1) is 0 Å². The number of aromatic amines is 1. The van der Waals surface area contributed by atoms with Crippen molar-refractivity contribution in [1.29, 1.82) is 0 Å². The van der Waals surface area contributed by atoms with E-state index >= 15 is 0 Å². The Balaban J connectivity index is 2.60. The van der Waals surface area contributed by atoms with Gasteiger partial charge in [-0.2, -0.15) is 5.10 Å². The van der Waals surface area contributed by atoms with Gasteiger partial charge in [0.25, 0.3) is 0 Å². The molecule has 74 valence electrons. The maximum atomic E-state index is 5.95. The van der Waals surface area contributed by atoms with Crippen LogP contribution < -0.4 is 5.73 Å². The molecule has 5 nitrogen and oxygen atoms in total. The largest absolute Gasteiger partial charge is 0.396 e. The Bertz CT molecular complexity index is 444. The molecule has 0 saturated carbocycles. The third-order valence-corrected chi connectivity index (χ3v) is 2.32. The van der Waals surface area contributed by atoms with Crippen LogP contribution in [-0.4, -0.2) is 19.7 Å². The zero-order valence-corrected chi connectivity index (χ0v) is 8.41. The Labute approximate surface area is 85.9 Å². The van der Waals surface area contributed by atoms with Crippen LogP contribution >= 0.6 is 11.6 Å². The number of anilines is 1. The molecular weight excluding hydrogens is 202 g/mol. The van der Waals surface area contributed by atoms with Gasteiger partial charge in [-0.05, 0) is 6.92 Å². The van der Waals surface area contributed by atoms with E-state index in [9.17, 15) is 0 Å². The maximum Gasteiger partial charge on any atom is 0.156 e. The molecule has 2 heterocycles. The van der Waals surface area contributed by atoms with Gasteiger partial charge in [0.05, 0.1) is 18.2 Å². The van der Waals surface area contributed by atoms with Crippen LogP contribution in [0.25, 0.3) is 11.4 Å². The summed E-state index contributed by atoms with van der Waals surface area (Å²) < 4.78 is 1.91. The zero-order valence-electron chi connectivity index (χ0n) is 7.66. The van der Waals surface area contributed by atoms with E-state index in [1.165, 1.54) is 0 Å². The van der Waals surface area contributed by atoms with Gasteiger partial charge >= 0.3 is 0 Å². The van der Waals surface area contributed by atoms with E-state index in [-0.39, 0.29) is 0 Å². The van der Waals surface area contributed by atoms with Crippen LogP contribution in [0.5, 0.6) is 0 Å². The van der Waals surface area contributed by atoms with Gasteiger partial charge in [0.1, 0.15) is 11.4 Å². The summed E-state index contributed by atoms with van der Waals surface area (Å²) in [5.41, 5.74) is 7.80. The number of halogens is 1. The normalized spacial score (nSPS) is 10.7. The lowest BCUT2D eigenvalue weighted by Crippen LogP contribution is -1.97. The smallest absolute Gasteiger partial charge is 0.156 e. The fourth-order valence-corrected chi connectivity index (χ4v) is 1.58. The van der Waals surface area contributed by atoms with Crippen LogP contribution in [-0.2, 0) is 6.54 Å². The summed E-state index contributed by atoms with van der Waals surface area (Å²) in [5, 5.41) is 7.08. The van der Waals surface area contributed by atoms with E-state index in [0.717, 1.165) is 12.2 Å². The molecule has 2 aromatic heterocycles. The number of nitrogens with zero attached hydrogens (tertiary/aromatic N) is 3. The highest BCUT2D eigenvalue weighted by molar-refractivity contribution is 6.32. The second kappa shape index (κ2) is 3.34. The molecule has 0 bridgehead atoms. The molecule has 0 atom stereocenters. The van der Waals surface area contributed by atoms with Crippen molar-refractivity contribution in [3.8, 4) is 11.4 Å². The summed E-state index contributed by atoms with van der Waals surface area (Å²) in [6.07, 6.45) is 3.23. The third kappa shape index (κ3) is 1.26. The monoisotopic (exact) mass is 211 g/mol. The summed E-state index contributed by atoms with van der Waals surface area (Å²) in [6.45, 7) is 2.79. The number of nitrogens with one attached hydrogen (secondary N) is 1.